The lowest BCUT2D eigenvalue weighted by Crippen LogP contribution is -2.43. The number of hydrogen-bond donors (Lipinski definition) is 3. The number of nitrogens with one attached hydrogen (secondary N) is 2. The van der Waals surface area contributed by atoms with E-state index in [1.807, 2.05) is 30.3 Å². The standard InChI is InChI=1S/C27H28N4O5/c1-17(2)24(26(33)34)29-23(32)15-12-19-10-13-21(14-11-19)22-16-28-31(4)25(22)30-27(35)36-18(3)20-8-6-5-7-9-20/h5-11,13-14,16-18,24H,1-4H3,(H,29,32)(H,30,35)(H,33,34). The predicted molar refractivity (Wildman–Crippen MR) is 135 cm³/mol. The van der Waals surface area contributed by atoms with Gasteiger partial charge in [0.25, 0.3) is 5.91 Å². The Morgan fingerprint density at radius 1 is 1.03 bits per heavy atom. The number of carbonyl (C=O) groups is 3. The molecule has 3 N–H and O–H groups in total. The third-order valence-corrected chi connectivity index (χ3v) is 5.45. The van der Waals surface area contributed by atoms with E-state index in [2.05, 4.69) is 27.6 Å². The minimum atomic E-state index is -1.11. The highest BCUT2D eigenvalue weighted by molar-refractivity contribution is 5.96. The summed E-state index contributed by atoms with van der Waals surface area (Å²) >= 11 is 0. The average Bonchev–Trinajstić information content (AvgIpc) is 3.21. The molecule has 2 amide bonds. The molecule has 9 nitrogen and oxygen atoms in total. The minimum Gasteiger partial charge on any atom is -0.480 e. The molecule has 0 aliphatic rings. The molecule has 2 unspecified atom stereocenters. The Morgan fingerprint density at radius 3 is 2.31 bits per heavy atom. The van der Waals surface area contributed by atoms with Crippen molar-refractivity contribution in [2.24, 2.45) is 13.0 Å². The highest BCUT2D eigenvalue weighted by Gasteiger charge is 2.22. The van der Waals surface area contributed by atoms with Crippen LogP contribution in [0.3, 0.4) is 0 Å². The molecular formula is C27H28N4O5. The Balaban J connectivity index is 1.68. The van der Waals surface area contributed by atoms with Crippen molar-refractivity contribution in [3.8, 4) is 23.0 Å². The number of amides is 2. The van der Waals surface area contributed by atoms with Gasteiger partial charge in [0.2, 0.25) is 0 Å². The summed E-state index contributed by atoms with van der Waals surface area (Å²) in [5.41, 5.74) is 2.90. The van der Waals surface area contributed by atoms with Crippen LogP contribution in [0.1, 0.15) is 38.0 Å². The van der Waals surface area contributed by atoms with Crippen molar-refractivity contribution >= 4 is 23.8 Å². The monoisotopic (exact) mass is 488 g/mol. The van der Waals surface area contributed by atoms with E-state index in [4.69, 9.17) is 4.74 Å². The largest absolute Gasteiger partial charge is 0.480 e. The molecule has 1 aromatic heterocycles. The molecule has 0 aliphatic heterocycles. The summed E-state index contributed by atoms with van der Waals surface area (Å²) in [7, 11) is 1.71. The van der Waals surface area contributed by atoms with Crippen molar-refractivity contribution in [3.63, 3.8) is 0 Å². The zero-order chi connectivity index (χ0) is 26.2. The quantitative estimate of drug-likeness (QED) is 0.433. The fourth-order valence-corrected chi connectivity index (χ4v) is 3.43. The van der Waals surface area contributed by atoms with E-state index in [1.165, 1.54) is 4.68 Å². The molecule has 0 fully saturated rings. The first-order valence-electron chi connectivity index (χ1n) is 11.4. The Hall–Kier alpha value is -4.58. The summed E-state index contributed by atoms with van der Waals surface area (Å²) in [5.74, 6) is 3.57. The van der Waals surface area contributed by atoms with Crippen LogP contribution in [-0.2, 0) is 21.4 Å². The van der Waals surface area contributed by atoms with Gasteiger partial charge in [0, 0.05) is 24.1 Å². The Kier molecular flexibility index (Phi) is 8.47. The second kappa shape index (κ2) is 11.7. The number of benzene rings is 2. The van der Waals surface area contributed by atoms with Crippen LogP contribution >= 0.6 is 0 Å². The van der Waals surface area contributed by atoms with Gasteiger partial charge >= 0.3 is 12.1 Å². The SMILES string of the molecule is CC(OC(=O)Nc1c(-c2ccc(C#CC(=O)NC(C(=O)O)C(C)C)cc2)cnn1C)c1ccccc1. The van der Waals surface area contributed by atoms with Crippen molar-refractivity contribution in [1.29, 1.82) is 0 Å². The first kappa shape index (κ1) is 26.0. The average molecular weight is 489 g/mol. The van der Waals surface area contributed by atoms with E-state index in [0.29, 0.717) is 16.9 Å². The molecule has 186 valence electrons. The number of anilines is 1. The summed E-state index contributed by atoms with van der Waals surface area (Å²) in [6, 6.07) is 15.4. The van der Waals surface area contributed by atoms with E-state index in [1.54, 1.807) is 58.3 Å². The molecule has 3 aromatic rings. The summed E-state index contributed by atoms with van der Waals surface area (Å²) in [4.78, 5) is 35.8. The van der Waals surface area contributed by atoms with Gasteiger partial charge < -0.3 is 15.2 Å². The third-order valence-electron chi connectivity index (χ3n) is 5.45. The number of rotatable bonds is 7. The normalized spacial score (nSPS) is 12.1. The van der Waals surface area contributed by atoms with Crippen molar-refractivity contribution in [3.05, 3.63) is 71.9 Å². The zero-order valence-electron chi connectivity index (χ0n) is 20.5. The highest BCUT2D eigenvalue weighted by atomic mass is 16.6. The van der Waals surface area contributed by atoms with Gasteiger partial charge in [0.05, 0.1) is 6.20 Å². The predicted octanol–water partition coefficient (Wildman–Crippen LogP) is 3.97. The van der Waals surface area contributed by atoms with Crippen LogP contribution in [0.2, 0.25) is 0 Å². The van der Waals surface area contributed by atoms with E-state index in [0.717, 1.165) is 11.1 Å². The van der Waals surface area contributed by atoms with Gasteiger partial charge in [-0.1, -0.05) is 62.2 Å². The number of ether oxygens (including phenoxy) is 1. The maximum absolute atomic E-state index is 12.5. The summed E-state index contributed by atoms with van der Waals surface area (Å²) in [6.07, 6.45) is 0.595. The van der Waals surface area contributed by atoms with Gasteiger partial charge in [0.1, 0.15) is 18.0 Å². The number of carbonyl (C=O) groups excluding carboxylic acids is 2. The van der Waals surface area contributed by atoms with Crippen LogP contribution < -0.4 is 10.6 Å². The number of carboxylic acids is 1. The lowest BCUT2D eigenvalue weighted by atomic mass is 10.0. The summed E-state index contributed by atoms with van der Waals surface area (Å²) < 4.78 is 7.04. The fourth-order valence-electron chi connectivity index (χ4n) is 3.43. The molecule has 0 aliphatic carbocycles. The number of aliphatic carboxylic acids is 1. The molecule has 0 saturated heterocycles. The fraction of sp³-hybridized carbons (Fsp3) is 0.259. The van der Waals surface area contributed by atoms with Crippen molar-refractivity contribution in [2.75, 3.05) is 5.32 Å². The maximum atomic E-state index is 12.5. The van der Waals surface area contributed by atoms with Crippen LogP contribution in [-0.4, -0.2) is 38.9 Å². The van der Waals surface area contributed by atoms with E-state index in [9.17, 15) is 19.5 Å². The maximum Gasteiger partial charge on any atom is 0.413 e. The molecule has 3 rings (SSSR count). The molecule has 0 bridgehead atoms. The lowest BCUT2D eigenvalue weighted by molar-refractivity contribution is -0.142. The Morgan fingerprint density at radius 2 is 1.69 bits per heavy atom. The lowest BCUT2D eigenvalue weighted by Gasteiger charge is -2.15. The first-order chi connectivity index (χ1) is 17.2. The molecule has 2 aromatic carbocycles. The van der Waals surface area contributed by atoms with Crippen molar-refractivity contribution in [2.45, 2.75) is 32.9 Å². The van der Waals surface area contributed by atoms with Crippen LogP contribution in [0.25, 0.3) is 11.1 Å². The smallest absolute Gasteiger partial charge is 0.413 e. The second-order valence-electron chi connectivity index (χ2n) is 8.47. The number of carboxylic acid groups (broad SMARTS) is 1. The van der Waals surface area contributed by atoms with Crippen LogP contribution in [0, 0.1) is 17.8 Å². The minimum absolute atomic E-state index is 0.270. The summed E-state index contributed by atoms with van der Waals surface area (Å²) in [5, 5.41) is 18.6. The van der Waals surface area contributed by atoms with Crippen LogP contribution in [0.5, 0.6) is 0 Å². The van der Waals surface area contributed by atoms with Gasteiger partial charge in [-0.3, -0.25) is 14.8 Å². The molecular weight excluding hydrogens is 460 g/mol. The molecule has 36 heavy (non-hydrogen) atoms. The van der Waals surface area contributed by atoms with Crippen LogP contribution in [0.15, 0.2) is 60.8 Å². The van der Waals surface area contributed by atoms with Gasteiger partial charge in [0.15, 0.2) is 0 Å². The number of aromatic nitrogens is 2. The van der Waals surface area contributed by atoms with Gasteiger partial charge in [-0.2, -0.15) is 5.10 Å². The van der Waals surface area contributed by atoms with Gasteiger partial charge in [-0.15, -0.1) is 0 Å². The summed E-state index contributed by atoms with van der Waals surface area (Å²) in [6.45, 7) is 5.20. The topological polar surface area (TPSA) is 123 Å². The Labute approximate surface area is 209 Å². The van der Waals surface area contributed by atoms with Gasteiger partial charge in [-0.25, -0.2) is 9.59 Å². The van der Waals surface area contributed by atoms with Crippen molar-refractivity contribution in [1.82, 2.24) is 15.1 Å². The number of hydrogen-bond acceptors (Lipinski definition) is 5. The van der Waals surface area contributed by atoms with Crippen LogP contribution in [0.4, 0.5) is 10.6 Å². The molecule has 1 heterocycles. The molecule has 2 atom stereocenters. The zero-order valence-corrected chi connectivity index (χ0v) is 20.5. The highest BCUT2D eigenvalue weighted by Crippen LogP contribution is 2.28. The van der Waals surface area contributed by atoms with Gasteiger partial charge in [-0.05, 0) is 36.1 Å². The number of nitrogens with zero attached hydrogens (tertiary/aromatic N) is 2. The second-order valence-corrected chi connectivity index (χ2v) is 8.47. The third kappa shape index (κ3) is 6.73. The molecule has 0 radical (unpaired) electrons. The molecule has 0 saturated carbocycles. The van der Waals surface area contributed by atoms with E-state index >= 15 is 0 Å². The number of aryl methyl sites for hydroxylation is 1. The first-order valence-corrected chi connectivity index (χ1v) is 11.4. The Bertz CT molecular complexity index is 1290. The molecule has 9 heteroatoms. The van der Waals surface area contributed by atoms with E-state index in [-0.39, 0.29) is 5.92 Å². The van der Waals surface area contributed by atoms with Crippen molar-refractivity contribution < 1.29 is 24.2 Å². The van der Waals surface area contributed by atoms with E-state index < -0.39 is 30.1 Å². The molecule has 0 spiro atoms.